The minimum absolute atomic E-state index is 0.0824. The first-order valence-electron chi connectivity index (χ1n) is 15.2. The lowest BCUT2D eigenvalue weighted by Crippen LogP contribution is -2.54. The second-order valence-corrected chi connectivity index (χ2v) is 19.7. The molecule has 0 radical (unpaired) electrons. The van der Waals surface area contributed by atoms with Crippen LogP contribution in [0.2, 0.25) is 18.1 Å². The molecule has 1 N–H and O–H groups in total. The van der Waals surface area contributed by atoms with E-state index in [4.69, 9.17) is 13.9 Å². The van der Waals surface area contributed by atoms with Crippen LogP contribution in [-0.2, 0) is 23.5 Å². The predicted molar refractivity (Wildman–Crippen MR) is 153 cm³/mol. The number of esters is 2. The molecule has 0 bridgehead atoms. The SMILES string of the molecule is CCC(C)(C)C(=O)O[C@H]1C[C@@H](C)[C@@H](O)[C@@H]2CC[C@H](C)[C@H](CC[C@@H]3C[C@@H](O[Si](C)(C)C(C)(C)C)CC(=O)O3)[C@H]21. The second kappa shape index (κ2) is 11.9. The van der Waals surface area contributed by atoms with Gasteiger partial charge in [0.25, 0.3) is 0 Å². The van der Waals surface area contributed by atoms with Crippen molar-refractivity contribution in [3.8, 4) is 0 Å². The molecule has 0 spiro atoms. The number of carbonyl (C=O) groups excluding carboxylic acids is 2. The van der Waals surface area contributed by atoms with Crippen molar-refractivity contribution in [3.05, 3.63) is 0 Å². The number of hydrogen-bond donors (Lipinski definition) is 1. The van der Waals surface area contributed by atoms with E-state index in [1.54, 1.807) is 0 Å². The molecular weight excluding hydrogens is 496 g/mol. The summed E-state index contributed by atoms with van der Waals surface area (Å²) in [4.78, 5) is 25.7. The van der Waals surface area contributed by atoms with Crippen LogP contribution in [0.5, 0.6) is 0 Å². The summed E-state index contributed by atoms with van der Waals surface area (Å²) in [6.45, 7) is 21.5. The van der Waals surface area contributed by atoms with Crippen molar-refractivity contribution >= 4 is 20.3 Å². The van der Waals surface area contributed by atoms with E-state index in [1.807, 2.05) is 20.8 Å². The van der Waals surface area contributed by atoms with E-state index in [0.717, 1.165) is 38.5 Å². The van der Waals surface area contributed by atoms with Gasteiger partial charge in [0.15, 0.2) is 8.32 Å². The molecule has 2 aliphatic carbocycles. The van der Waals surface area contributed by atoms with Gasteiger partial charge in [-0.15, -0.1) is 0 Å². The average Bonchev–Trinajstić information content (AvgIpc) is 2.80. The second-order valence-electron chi connectivity index (χ2n) is 15.0. The number of fused-ring (bicyclic) bond motifs is 1. The molecule has 0 aromatic rings. The zero-order valence-corrected chi connectivity index (χ0v) is 26.8. The Labute approximate surface area is 233 Å². The lowest BCUT2D eigenvalue weighted by Gasteiger charge is -2.52. The first kappa shape index (κ1) is 31.6. The maximum absolute atomic E-state index is 13.1. The van der Waals surface area contributed by atoms with Crippen molar-refractivity contribution in [3.63, 3.8) is 0 Å². The lowest BCUT2D eigenvalue weighted by molar-refractivity contribution is -0.183. The topological polar surface area (TPSA) is 82.1 Å². The summed E-state index contributed by atoms with van der Waals surface area (Å²) in [6, 6.07) is 0. The third kappa shape index (κ3) is 7.04. The molecule has 9 atom stereocenters. The van der Waals surface area contributed by atoms with Crippen LogP contribution in [0, 0.1) is 35.0 Å². The highest BCUT2D eigenvalue weighted by atomic mass is 28.4. The van der Waals surface area contributed by atoms with Gasteiger partial charge in [0.2, 0.25) is 0 Å². The van der Waals surface area contributed by atoms with Gasteiger partial charge < -0.3 is 19.0 Å². The van der Waals surface area contributed by atoms with E-state index in [0.29, 0.717) is 24.7 Å². The van der Waals surface area contributed by atoms with Crippen molar-refractivity contribution in [1.29, 1.82) is 0 Å². The largest absolute Gasteiger partial charge is 0.462 e. The zero-order valence-electron chi connectivity index (χ0n) is 25.8. The van der Waals surface area contributed by atoms with Crippen molar-refractivity contribution in [2.45, 2.75) is 149 Å². The van der Waals surface area contributed by atoms with E-state index in [9.17, 15) is 14.7 Å². The van der Waals surface area contributed by atoms with Crippen LogP contribution in [-0.4, -0.2) is 49.8 Å². The molecule has 2 saturated carbocycles. The number of carbonyl (C=O) groups is 2. The summed E-state index contributed by atoms with van der Waals surface area (Å²) in [6.07, 6.45) is 5.48. The standard InChI is InChI=1S/C31H56O6Si/c1-11-31(7,8)29(34)36-25-16-20(3)28(33)24-14-12-19(2)23(27(24)25)15-13-21-17-22(18-26(32)35-21)37-38(9,10)30(4,5)6/h19-25,27-28,33H,11-18H2,1-10H3/t19-,20+,21+,22+,23-,24+,25-,27+,28+/m0/s1. The highest BCUT2D eigenvalue weighted by Crippen LogP contribution is 2.51. The fourth-order valence-electron chi connectivity index (χ4n) is 6.72. The highest BCUT2D eigenvalue weighted by Gasteiger charge is 2.51. The third-order valence-electron chi connectivity index (χ3n) is 10.7. The molecule has 3 fully saturated rings. The van der Waals surface area contributed by atoms with Gasteiger partial charge in [-0.05, 0) is 87.8 Å². The van der Waals surface area contributed by atoms with Gasteiger partial charge in [0, 0.05) is 12.3 Å². The summed E-state index contributed by atoms with van der Waals surface area (Å²) >= 11 is 0. The highest BCUT2D eigenvalue weighted by molar-refractivity contribution is 6.74. The van der Waals surface area contributed by atoms with Crippen molar-refractivity contribution in [2.24, 2.45) is 35.0 Å². The number of hydrogen-bond acceptors (Lipinski definition) is 6. The number of aliphatic hydroxyl groups is 1. The number of cyclic esters (lactones) is 1. The van der Waals surface area contributed by atoms with Crippen LogP contribution in [0.25, 0.3) is 0 Å². The Morgan fingerprint density at radius 1 is 1.05 bits per heavy atom. The molecule has 3 rings (SSSR count). The zero-order chi connectivity index (χ0) is 28.6. The number of aliphatic hydroxyl groups excluding tert-OH is 1. The minimum Gasteiger partial charge on any atom is -0.462 e. The molecule has 0 aromatic heterocycles. The molecule has 3 aliphatic rings. The normalized spacial score (nSPS) is 36.8. The molecule has 0 unspecified atom stereocenters. The monoisotopic (exact) mass is 552 g/mol. The van der Waals surface area contributed by atoms with Crippen LogP contribution < -0.4 is 0 Å². The lowest BCUT2D eigenvalue weighted by atomic mass is 9.57. The number of ether oxygens (including phenoxy) is 2. The first-order valence-corrected chi connectivity index (χ1v) is 18.1. The molecule has 38 heavy (non-hydrogen) atoms. The number of rotatable bonds is 8. The fourth-order valence-corrected chi connectivity index (χ4v) is 8.09. The van der Waals surface area contributed by atoms with E-state index in [2.05, 4.69) is 47.7 Å². The van der Waals surface area contributed by atoms with Gasteiger partial charge in [-0.2, -0.15) is 0 Å². The Morgan fingerprint density at radius 3 is 2.32 bits per heavy atom. The van der Waals surface area contributed by atoms with Gasteiger partial charge in [0.05, 0.1) is 24.0 Å². The first-order chi connectivity index (χ1) is 17.5. The van der Waals surface area contributed by atoms with Gasteiger partial charge >= 0.3 is 11.9 Å². The molecule has 0 amide bonds. The Kier molecular flexibility index (Phi) is 9.90. The summed E-state index contributed by atoms with van der Waals surface area (Å²) in [5, 5.41) is 11.3. The summed E-state index contributed by atoms with van der Waals surface area (Å²) in [5.74, 6) is 0.896. The van der Waals surface area contributed by atoms with Crippen LogP contribution in [0.4, 0.5) is 0 Å². The van der Waals surface area contributed by atoms with Gasteiger partial charge in [0.1, 0.15) is 12.2 Å². The Morgan fingerprint density at radius 2 is 1.71 bits per heavy atom. The van der Waals surface area contributed by atoms with Gasteiger partial charge in [-0.1, -0.05) is 48.0 Å². The molecular formula is C31H56O6Si. The summed E-state index contributed by atoms with van der Waals surface area (Å²) < 4.78 is 18.7. The molecule has 1 heterocycles. The maximum atomic E-state index is 13.1. The Balaban J connectivity index is 1.74. The van der Waals surface area contributed by atoms with Gasteiger partial charge in [-0.25, -0.2) is 0 Å². The van der Waals surface area contributed by atoms with E-state index in [-0.39, 0.29) is 59.1 Å². The van der Waals surface area contributed by atoms with Crippen LogP contribution in [0.1, 0.15) is 107 Å². The van der Waals surface area contributed by atoms with Crippen LogP contribution in [0.3, 0.4) is 0 Å². The Bertz CT molecular complexity index is 833. The molecule has 0 aromatic carbocycles. The van der Waals surface area contributed by atoms with Gasteiger partial charge in [-0.3, -0.25) is 9.59 Å². The quantitative estimate of drug-likeness (QED) is 0.261. The Hall–Kier alpha value is -0.923. The van der Waals surface area contributed by atoms with Crippen LogP contribution >= 0.6 is 0 Å². The molecule has 220 valence electrons. The summed E-state index contributed by atoms with van der Waals surface area (Å²) in [7, 11) is -1.98. The molecule has 1 aliphatic heterocycles. The maximum Gasteiger partial charge on any atom is 0.311 e. The molecule has 1 saturated heterocycles. The van der Waals surface area contributed by atoms with Crippen molar-refractivity contribution < 1.29 is 28.6 Å². The van der Waals surface area contributed by atoms with Crippen LogP contribution in [0.15, 0.2) is 0 Å². The third-order valence-corrected chi connectivity index (χ3v) is 15.3. The van der Waals surface area contributed by atoms with E-state index in [1.165, 1.54) is 0 Å². The van der Waals surface area contributed by atoms with Crippen molar-refractivity contribution in [1.82, 2.24) is 0 Å². The molecule has 7 heteroatoms. The van der Waals surface area contributed by atoms with E-state index >= 15 is 0 Å². The van der Waals surface area contributed by atoms with E-state index < -0.39 is 13.7 Å². The minimum atomic E-state index is -1.98. The van der Waals surface area contributed by atoms with Crippen molar-refractivity contribution in [2.75, 3.05) is 0 Å². The molecule has 6 nitrogen and oxygen atoms in total. The summed E-state index contributed by atoms with van der Waals surface area (Å²) in [5.41, 5.74) is -0.514. The predicted octanol–water partition coefficient (Wildman–Crippen LogP) is 6.89. The average molecular weight is 553 g/mol. The fraction of sp³-hybridized carbons (Fsp3) is 0.935. The smallest absolute Gasteiger partial charge is 0.311 e.